The minimum Gasteiger partial charge on any atom is -0.223 e. The molecular formula is C17H13FO2S. The second-order valence-electron chi connectivity index (χ2n) is 4.89. The molecule has 0 saturated carbocycles. The Labute approximate surface area is 122 Å². The van der Waals surface area contributed by atoms with E-state index in [1.54, 1.807) is 18.2 Å². The second-order valence-corrected chi connectivity index (χ2v) is 6.88. The van der Waals surface area contributed by atoms with E-state index in [1.165, 1.54) is 24.3 Å². The average Bonchev–Trinajstić information content (AvgIpc) is 2.49. The molecule has 106 valence electrons. The number of fused-ring (bicyclic) bond motifs is 1. The van der Waals surface area contributed by atoms with Crippen LogP contribution in [0.3, 0.4) is 0 Å². The third kappa shape index (κ3) is 2.95. The summed E-state index contributed by atoms with van der Waals surface area (Å²) in [5.74, 6) is -0.507. The fourth-order valence-electron chi connectivity index (χ4n) is 2.24. The molecule has 3 rings (SSSR count). The number of rotatable bonds is 3. The zero-order valence-corrected chi connectivity index (χ0v) is 12.0. The van der Waals surface area contributed by atoms with Crippen LogP contribution in [0.5, 0.6) is 0 Å². The summed E-state index contributed by atoms with van der Waals surface area (Å²) in [5.41, 5.74) is 0.574. The first-order valence-electron chi connectivity index (χ1n) is 6.51. The van der Waals surface area contributed by atoms with Gasteiger partial charge in [-0.15, -0.1) is 0 Å². The molecule has 0 aliphatic carbocycles. The highest BCUT2D eigenvalue weighted by molar-refractivity contribution is 7.90. The molecule has 0 spiro atoms. The van der Waals surface area contributed by atoms with E-state index in [0.717, 1.165) is 10.8 Å². The van der Waals surface area contributed by atoms with Gasteiger partial charge in [-0.05, 0) is 40.6 Å². The van der Waals surface area contributed by atoms with Crippen LogP contribution in [0.4, 0.5) is 4.39 Å². The molecule has 4 heteroatoms. The summed E-state index contributed by atoms with van der Waals surface area (Å²) in [6.45, 7) is 0. The molecule has 21 heavy (non-hydrogen) atoms. The van der Waals surface area contributed by atoms with Crippen LogP contribution in [0.2, 0.25) is 0 Å². The topological polar surface area (TPSA) is 34.1 Å². The van der Waals surface area contributed by atoms with Crippen molar-refractivity contribution < 1.29 is 12.8 Å². The lowest BCUT2D eigenvalue weighted by molar-refractivity contribution is 0.595. The number of benzene rings is 3. The van der Waals surface area contributed by atoms with Crippen LogP contribution in [0.25, 0.3) is 10.8 Å². The van der Waals surface area contributed by atoms with Crippen molar-refractivity contribution in [1.82, 2.24) is 0 Å². The van der Waals surface area contributed by atoms with E-state index in [9.17, 15) is 12.8 Å². The minimum absolute atomic E-state index is 0.133. The zero-order chi connectivity index (χ0) is 14.9. The van der Waals surface area contributed by atoms with Gasteiger partial charge in [0.15, 0.2) is 9.84 Å². The Hall–Kier alpha value is -2.20. The molecule has 0 heterocycles. The molecule has 0 atom stereocenters. The highest BCUT2D eigenvalue weighted by atomic mass is 32.2. The summed E-state index contributed by atoms with van der Waals surface area (Å²) in [4.78, 5) is 0.283. The van der Waals surface area contributed by atoms with Crippen molar-refractivity contribution in [3.63, 3.8) is 0 Å². The fourth-order valence-corrected chi connectivity index (χ4v) is 3.62. The summed E-state index contributed by atoms with van der Waals surface area (Å²) in [6, 6.07) is 18.2. The Morgan fingerprint density at radius 1 is 0.810 bits per heavy atom. The molecule has 0 aromatic heterocycles. The lowest BCUT2D eigenvalue weighted by Gasteiger charge is -2.06. The Kier molecular flexibility index (Phi) is 3.47. The Morgan fingerprint density at radius 2 is 1.48 bits per heavy atom. The largest absolute Gasteiger partial charge is 0.223 e. The molecule has 0 aliphatic heterocycles. The maximum Gasteiger partial charge on any atom is 0.182 e. The minimum atomic E-state index is -3.44. The van der Waals surface area contributed by atoms with E-state index in [-0.39, 0.29) is 16.5 Å². The van der Waals surface area contributed by atoms with E-state index in [0.29, 0.717) is 5.56 Å². The van der Waals surface area contributed by atoms with Crippen LogP contribution in [0.1, 0.15) is 5.56 Å². The van der Waals surface area contributed by atoms with Crippen molar-refractivity contribution in [2.24, 2.45) is 0 Å². The molecule has 3 aromatic rings. The normalized spacial score (nSPS) is 11.7. The van der Waals surface area contributed by atoms with Crippen LogP contribution in [0.15, 0.2) is 71.6 Å². The van der Waals surface area contributed by atoms with Gasteiger partial charge in [-0.3, -0.25) is 0 Å². The molecular weight excluding hydrogens is 287 g/mol. The predicted octanol–water partition coefficient (Wildman–Crippen LogP) is 3.95. The second kappa shape index (κ2) is 5.30. The maximum absolute atomic E-state index is 12.9. The molecule has 3 aromatic carbocycles. The first-order valence-corrected chi connectivity index (χ1v) is 8.16. The van der Waals surface area contributed by atoms with Crippen molar-refractivity contribution in [3.05, 3.63) is 78.1 Å². The summed E-state index contributed by atoms with van der Waals surface area (Å²) in [7, 11) is -3.44. The lowest BCUT2D eigenvalue weighted by atomic mass is 10.1. The van der Waals surface area contributed by atoms with Gasteiger partial charge in [0, 0.05) is 0 Å². The van der Waals surface area contributed by atoms with Crippen LogP contribution < -0.4 is 0 Å². The Bertz CT molecular complexity index is 884. The van der Waals surface area contributed by atoms with Crippen molar-refractivity contribution >= 4 is 20.6 Å². The first kappa shape index (κ1) is 13.8. The van der Waals surface area contributed by atoms with E-state index in [4.69, 9.17) is 0 Å². The summed E-state index contributed by atoms with van der Waals surface area (Å²) in [6.07, 6.45) is 0. The zero-order valence-electron chi connectivity index (χ0n) is 11.2. The molecule has 0 radical (unpaired) electrons. The number of hydrogen-bond donors (Lipinski definition) is 0. The SMILES string of the molecule is O=S(=O)(Cc1ccc(F)cc1)c1ccc2ccccc2c1. The van der Waals surface area contributed by atoms with Gasteiger partial charge in [-0.25, -0.2) is 12.8 Å². The summed E-state index contributed by atoms with van der Waals surface area (Å²) < 4.78 is 37.7. The summed E-state index contributed by atoms with van der Waals surface area (Å²) in [5, 5.41) is 1.89. The van der Waals surface area contributed by atoms with Gasteiger partial charge in [-0.2, -0.15) is 0 Å². The van der Waals surface area contributed by atoms with Gasteiger partial charge in [0.25, 0.3) is 0 Å². The van der Waals surface area contributed by atoms with Gasteiger partial charge < -0.3 is 0 Å². The van der Waals surface area contributed by atoms with E-state index in [1.807, 2.05) is 24.3 Å². The number of hydrogen-bond acceptors (Lipinski definition) is 2. The van der Waals surface area contributed by atoms with Gasteiger partial charge in [0.05, 0.1) is 10.6 Å². The summed E-state index contributed by atoms with van der Waals surface area (Å²) >= 11 is 0. The highest BCUT2D eigenvalue weighted by Gasteiger charge is 2.15. The molecule has 0 unspecified atom stereocenters. The van der Waals surface area contributed by atoms with Crippen molar-refractivity contribution in [1.29, 1.82) is 0 Å². The molecule has 0 aliphatic rings. The third-order valence-corrected chi connectivity index (χ3v) is 5.04. The lowest BCUT2D eigenvalue weighted by Crippen LogP contribution is -2.05. The van der Waals surface area contributed by atoms with Crippen molar-refractivity contribution in [2.75, 3.05) is 0 Å². The van der Waals surface area contributed by atoms with Gasteiger partial charge in [-0.1, -0.05) is 42.5 Å². The molecule has 0 amide bonds. The monoisotopic (exact) mass is 300 g/mol. The molecule has 0 N–H and O–H groups in total. The van der Waals surface area contributed by atoms with E-state index < -0.39 is 9.84 Å². The quantitative estimate of drug-likeness (QED) is 0.734. The van der Waals surface area contributed by atoms with Crippen LogP contribution in [-0.4, -0.2) is 8.42 Å². The predicted molar refractivity (Wildman–Crippen MR) is 81.2 cm³/mol. The average molecular weight is 300 g/mol. The molecule has 0 fully saturated rings. The van der Waals surface area contributed by atoms with Gasteiger partial charge in [0.1, 0.15) is 5.82 Å². The van der Waals surface area contributed by atoms with Crippen LogP contribution in [-0.2, 0) is 15.6 Å². The fraction of sp³-hybridized carbons (Fsp3) is 0.0588. The van der Waals surface area contributed by atoms with Gasteiger partial charge in [0.2, 0.25) is 0 Å². The van der Waals surface area contributed by atoms with Gasteiger partial charge >= 0.3 is 0 Å². The Morgan fingerprint density at radius 3 is 2.19 bits per heavy atom. The standard InChI is InChI=1S/C17H13FO2S/c18-16-8-5-13(6-9-16)12-21(19,20)17-10-7-14-3-1-2-4-15(14)11-17/h1-11H,12H2. The van der Waals surface area contributed by atoms with Crippen molar-refractivity contribution in [3.8, 4) is 0 Å². The number of sulfone groups is 1. The first-order chi connectivity index (χ1) is 10.0. The highest BCUT2D eigenvalue weighted by Crippen LogP contribution is 2.22. The van der Waals surface area contributed by atoms with E-state index in [2.05, 4.69) is 0 Å². The van der Waals surface area contributed by atoms with E-state index >= 15 is 0 Å². The Balaban J connectivity index is 1.97. The number of halogens is 1. The van der Waals surface area contributed by atoms with Crippen molar-refractivity contribution in [2.45, 2.75) is 10.6 Å². The van der Waals surface area contributed by atoms with Crippen LogP contribution >= 0.6 is 0 Å². The molecule has 0 saturated heterocycles. The molecule has 2 nitrogen and oxygen atoms in total. The third-order valence-electron chi connectivity index (χ3n) is 3.35. The molecule has 0 bridgehead atoms. The maximum atomic E-state index is 12.9. The smallest absolute Gasteiger partial charge is 0.182 e. The van der Waals surface area contributed by atoms with Crippen LogP contribution in [0, 0.1) is 5.82 Å².